The van der Waals surface area contributed by atoms with Gasteiger partial charge in [0, 0.05) is 24.2 Å². The standard InChI is InChI=1S/C17H15ClN2O2S2/c1-20(10-11-8-12(18)5-6-13(11)22-2)17(21)15-9-19-16(24-15)14-4-3-7-23-14/h3-9H,10H2,1-2H3. The second-order valence-electron chi connectivity index (χ2n) is 5.12. The van der Waals surface area contributed by atoms with Crippen LogP contribution in [0.4, 0.5) is 0 Å². The molecule has 0 unspecified atom stereocenters. The summed E-state index contributed by atoms with van der Waals surface area (Å²) in [5.41, 5.74) is 0.865. The molecule has 7 heteroatoms. The zero-order valence-corrected chi connectivity index (χ0v) is 15.5. The zero-order valence-electron chi connectivity index (χ0n) is 13.2. The molecule has 3 rings (SSSR count). The van der Waals surface area contributed by atoms with E-state index in [1.54, 1.807) is 48.7 Å². The minimum absolute atomic E-state index is 0.0719. The van der Waals surface area contributed by atoms with Gasteiger partial charge in [0.15, 0.2) is 0 Å². The van der Waals surface area contributed by atoms with E-state index in [1.807, 2.05) is 23.6 Å². The molecular formula is C17H15ClN2O2S2. The number of halogens is 1. The monoisotopic (exact) mass is 378 g/mol. The van der Waals surface area contributed by atoms with Crippen LogP contribution in [0.15, 0.2) is 41.9 Å². The van der Waals surface area contributed by atoms with Crippen LogP contribution in [0.5, 0.6) is 5.75 Å². The highest BCUT2D eigenvalue weighted by Gasteiger charge is 2.18. The van der Waals surface area contributed by atoms with Gasteiger partial charge in [-0.2, -0.15) is 0 Å². The molecule has 2 aromatic heterocycles. The second-order valence-corrected chi connectivity index (χ2v) is 7.54. The Bertz CT molecular complexity index is 846. The Morgan fingerprint density at radius 1 is 1.38 bits per heavy atom. The average molecular weight is 379 g/mol. The molecule has 0 aliphatic heterocycles. The summed E-state index contributed by atoms with van der Waals surface area (Å²) in [6.07, 6.45) is 1.63. The Morgan fingerprint density at radius 3 is 2.92 bits per heavy atom. The molecule has 24 heavy (non-hydrogen) atoms. The van der Waals surface area contributed by atoms with Crippen LogP contribution in [-0.2, 0) is 6.54 Å². The van der Waals surface area contributed by atoms with Crippen molar-refractivity contribution >= 4 is 40.2 Å². The number of nitrogens with zero attached hydrogens (tertiary/aromatic N) is 2. The van der Waals surface area contributed by atoms with Crippen molar-refractivity contribution in [2.24, 2.45) is 0 Å². The quantitative estimate of drug-likeness (QED) is 0.640. The summed E-state index contributed by atoms with van der Waals surface area (Å²) in [5, 5.41) is 3.47. The fourth-order valence-electron chi connectivity index (χ4n) is 2.27. The fraction of sp³-hybridized carbons (Fsp3) is 0.176. The molecular weight excluding hydrogens is 364 g/mol. The predicted octanol–water partition coefficient (Wildman–Crippen LogP) is 4.81. The van der Waals surface area contributed by atoms with Crippen LogP contribution in [-0.4, -0.2) is 29.9 Å². The van der Waals surface area contributed by atoms with Crippen molar-refractivity contribution in [1.29, 1.82) is 0 Å². The summed E-state index contributed by atoms with van der Waals surface area (Å²) in [4.78, 5) is 20.3. The van der Waals surface area contributed by atoms with E-state index in [1.165, 1.54) is 11.3 Å². The first kappa shape index (κ1) is 17.0. The van der Waals surface area contributed by atoms with Gasteiger partial charge in [-0.1, -0.05) is 17.7 Å². The number of ether oxygens (including phenoxy) is 1. The van der Waals surface area contributed by atoms with Crippen LogP contribution in [0, 0.1) is 0 Å². The first-order chi connectivity index (χ1) is 11.6. The van der Waals surface area contributed by atoms with Crippen molar-refractivity contribution in [2.45, 2.75) is 6.54 Å². The maximum atomic E-state index is 12.6. The summed E-state index contributed by atoms with van der Waals surface area (Å²) in [5.74, 6) is 0.639. The van der Waals surface area contributed by atoms with Crippen molar-refractivity contribution in [3.05, 3.63) is 57.4 Å². The number of hydrogen-bond acceptors (Lipinski definition) is 5. The van der Waals surface area contributed by atoms with E-state index in [-0.39, 0.29) is 5.91 Å². The molecule has 0 aliphatic rings. The molecule has 0 bridgehead atoms. The summed E-state index contributed by atoms with van der Waals surface area (Å²) in [6.45, 7) is 0.412. The Labute approximate surface area is 153 Å². The third-order valence-corrected chi connectivity index (χ3v) is 5.70. The Balaban J connectivity index is 1.77. The van der Waals surface area contributed by atoms with Crippen LogP contribution in [0.2, 0.25) is 5.02 Å². The first-order valence-corrected chi connectivity index (χ1v) is 9.23. The van der Waals surface area contributed by atoms with Gasteiger partial charge in [0.25, 0.3) is 5.91 Å². The molecule has 0 fully saturated rings. The van der Waals surface area contributed by atoms with Crippen LogP contribution >= 0.6 is 34.3 Å². The van der Waals surface area contributed by atoms with Crippen LogP contribution in [0.25, 0.3) is 9.88 Å². The number of thiophene rings is 1. The molecule has 0 saturated heterocycles. The summed E-state index contributed by atoms with van der Waals surface area (Å²) in [6, 6.07) is 9.35. The number of amides is 1. The number of methoxy groups -OCH3 is 1. The molecule has 2 heterocycles. The van der Waals surface area contributed by atoms with E-state index in [2.05, 4.69) is 4.98 Å². The van der Waals surface area contributed by atoms with Gasteiger partial charge < -0.3 is 9.64 Å². The molecule has 3 aromatic rings. The third kappa shape index (κ3) is 3.61. The number of hydrogen-bond donors (Lipinski definition) is 0. The minimum Gasteiger partial charge on any atom is -0.496 e. The molecule has 0 saturated carbocycles. The van der Waals surface area contributed by atoms with Gasteiger partial charge in [0.05, 0.1) is 18.2 Å². The normalized spacial score (nSPS) is 10.6. The highest BCUT2D eigenvalue weighted by atomic mass is 35.5. The molecule has 0 atom stereocenters. The topological polar surface area (TPSA) is 42.4 Å². The van der Waals surface area contributed by atoms with Crippen molar-refractivity contribution in [2.75, 3.05) is 14.2 Å². The maximum absolute atomic E-state index is 12.6. The van der Waals surface area contributed by atoms with Crippen molar-refractivity contribution < 1.29 is 9.53 Å². The Morgan fingerprint density at radius 2 is 2.21 bits per heavy atom. The van der Waals surface area contributed by atoms with Crippen LogP contribution < -0.4 is 4.74 Å². The molecule has 0 radical (unpaired) electrons. The van der Waals surface area contributed by atoms with Crippen molar-refractivity contribution in [3.8, 4) is 15.6 Å². The average Bonchev–Trinajstić information content (AvgIpc) is 3.25. The number of aromatic nitrogens is 1. The lowest BCUT2D eigenvalue weighted by Crippen LogP contribution is -2.25. The van der Waals surface area contributed by atoms with Gasteiger partial charge in [0.2, 0.25) is 0 Å². The number of thiazole rings is 1. The van der Waals surface area contributed by atoms with Gasteiger partial charge in [-0.05, 0) is 29.6 Å². The van der Waals surface area contributed by atoms with E-state index >= 15 is 0 Å². The fourth-order valence-corrected chi connectivity index (χ4v) is 4.18. The lowest BCUT2D eigenvalue weighted by atomic mass is 10.2. The van der Waals surface area contributed by atoms with E-state index in [9.17, 15) is 4.79 Å². The van der Waals surface area contributed by atoms with Gasteiger partial charge in [-0.3, -0.25) is 4.79 Å². The molecule has 0 N–H and O–H groups in total. The second kappa shape index (κ2) is 7.34. The predicted molar refractivity (Wildman–Crippen MR) is 99.2 cm³/mol. The van der Waals surface area contributed by atoms with Crippen LogP contribution in [0.3, 0.4) is 0 Å². The smallest absolute Gasteiger partial charge is 0.265 e. The van der Waals surface area contributed by atoms with E-state index in [0.29, 0.717) is 22.2 Å². The SMILES string of the molecule is COc1ccc(Cl)cc1CN(C)C(=O)c1cnc(-c2cccs2)s1. The lowest BCUT2D eigenvalue weighted by molar-refractivity contribution is 0.0788. The summed E-state index contributed by atoms with van der Waals surface area (Å²) in [7, 11) is 3.36. The number of carbonyl (C=O) groups is 1. The van der Waals surface area contributed by atoms with Gasteiger partial charge >= 0.3 is 0 Å². The minimum atomic E-state index is -0.0719. The number of carbonyl (C=O) groups excluding carboxylic acids is 1. The van der Waals surface area contributed by atoms with Crippen molar-refractivity contribution in [1.82, 2.24) is 9.88 Å². The highest BCUT2D eigenvalue weighted by molar-refractivity contribution is 7.21. The molecule has 1 amide bonds. The van der Waals surface area contributed by atoms with Gasteiger partial charge in [0.1, 0.15) is 15.6 Å². The molecule has 4 nitrogen and oxygen atoms in total. The molecule has 0 aliphatic carbocycles. The summed E-state index contributed by atoms with van der Waals surface area (Å²) < 4.78 is 5.33. The van der Waals surface area contributed by atoms with E-state index in [0.717, 1.165) is 15.4 Å². The Kier molecular flexibility index (Phi) is 5.18. The lowest BCUT2D eigenvalue weighted by Gasteiger charge is -2.18. The van der Waals surface area contributed by atoms with Gasteiger partial charge in [-0.25, -0.2) is 4.98 Å². The Hall–Kier alpha value is -1.89. The number of benzene rings is 1. The van der Waals surface area contributed by atoms with E-state index in [4.69, 9.17) is 16.3 Å². The third-order valence-electron chi connectivity index (χ3n) is 3.45. The highest BCUT2D eigenvalue weighted by Crippen LogP contribution is 2.30. The van der Waals surface area contributed by atoms with Gasteiger partial charge in [-0.15, -0.1) is 22.7 Å². The molecule has 1 aromatic carbocycles. The van der Waals surface area contributed by atoms with Crippen molar-refractivity contribution in [3.63, 3.8) is 0 Å². The summed E-state index contributed by atoms with van der Waals surface area (Å²) >= 11 is 9.06. The number of rotatable bonds is 5. The maximum Gasteiger partial charge on any atom is 0.265 e. The zero-order chi connectivity index (χ0) is 17.1. The van der Waals surface area contributed by atoms with E-state index < -0.39 is 0 Å². The molecule has 124 valence electrons. The largest absolute Gasteiger partial charge is 0.496 e. The van der Waals surface area contributed by atoms with Crippen LogP contribution in [0.1, 0.15) is 15.2 Å². The first-order valence-electron chi connectivity index (χ1n) is 7.16. The molecule has 0 spiro atoms.